The lowest BCUT2D eigenvalue weighted by Crippen LogP contribution is -2.09. The molecule has 0 amide bonds. The fourth-order valence-electron chi connectivity index (χ4n) is 3.90. The highest BCUT2D eigenvalue weighted by molar-refractivity contribution is 5.43. The van der Waals surface area contributed by atoms with Crippen LogP contribution in [-0.4, -0.2) is 0 Å². The molecule has 126 valence electrons. The second kappa shape index (κ2) is 10.9. The summed E-state index contributed by atoms with van der Waals surface area (Å²) in [6, 6.07) is 4.95. The molecule has 0 bridgehead atoms. The van der Waals surface area contributed by atoms with E-state index in [1.165, 1.54) is 64.2 Å². The van der Waals surface area contributed by atoms with E-state index in [1.807, 2.05) is 0 Å². The van der Waals surface area contributed by atoms with Gasteiger partial charge in [-0.15, -0.1) is 0 Å². The van der Waals surface area contributed by atoms with Crippen molar-refractivity contribution in [1.82, 2.24) is 0 Å². The standard InChI is InChI=1S/C22H38/c1-6-11-18(12-7-2)21-17-16-19(13-8-3)20(14-9-4)22(21)15-10-5/h16-18H,6-15H2,1-5H3. The Bertz CT molecular complexity index is 410. The monoisotopic (exact) mass is 302 g/mol. The Morgan fingerprint density at radius 2 is 1.18 bits per heavy atom. The first-order valence-electron chi connectivity index (χ1n) is 9.86. The maximum atomic E-state index is 2.49. The summed E-state index contributed by atoms with van der Waals surface area (Å²) >= 11 is 0. The lowest BCUT2D eigenvalue weighted by Gasteiger charge is -2.24. The average molecular weight is 303 g/mol. The van der Waals surface area contributed by atoms with Crippen molar-refractivity contribution in [2.24, 2.45) is 0 Å². The number of rotatable bonds is 11. The van der Waals surface area contributed by atoms with Gasteiger partial charge >= 0.3 is 0 Å². The van der Waals surface area contributed by atoms with E-state index in [2.05, 4.69) is 46.8 Å². The topological polar surface area (TPSA) is 0 Å². The van der Waals surface area contributed by atoms with Crippen LogP contribution in [0, 0.1) is 0 Å². The van der Waals surface area contributed by atoms with Crippen molar-refractivity contribution in [2.75, 3.05) is 0 Å². The van der Waals surface area contributed by atoms with Crippen molar-refractivity contribution < 1.29 is 0 Å². The van der Waals surface area contributed by atoms with Crippen LogP contribution in [-0.2, 0) is 19.3 Å². The first-order chi connectivity index (χ1) is 10.7. The number of aryl methyl sites for hydroxylation is 1. The molecular weight excluding hydrogens is 264 g/mol. The van der Waals surface area contributed by atoms with Crippen LogP contribution < -0.4 is 0 Å². The van der Waals surface area contributed by atoms with Crippen molar-refractivity contribution in [3.63, 3.8) is 0 Å². The summed E-state index contributed by atoms with van der Waals surface area (Å²) in [6.45, 7) is 11.6. The van der Waals surface area contributed by atoms with Crippen molar-refractivity contribution in [3.05, 3.63) is 34.4 Å². The van der Waals surface area contributed by atoms with Crippen molar-refractivity contribution in [1.29, 1.82) is 0 Å². The molecule has 0 unspecified atom stereocenters. The van der Waals surface area contributed by atoms with Gasteiger partial charge in [-0.3, -0.25) is 0 Å². The van der Waals surface area contributed by atoms with Crippen LogP contribution in [0.3, 0.4) is 0 Å². The molecule has 0 nitrogen and oxygen atoms in total. The maximum absolute atomic E-state index is 2.49. The zero-order valence-electron chi connectivity index (χ0n) is 15.8. The molecule has 0 aromatic heterocycles. The van der Waals surface area contributed by atoms with E-state index >= 15 is 0 Å². The SMILES string of the molecule is CCCc1ccc(C(CCC)CCC)c(CCC)c1CCC. The van der Waals surface area contributed by atoms with Gasteiger partial charge in [0.25, 0.3) is 0 Å². The first-order valence-corrected chi connectivity index (χ1v) is 9.86. The quantitative estimate of drug-likeness (QED) is 0.404. The van der Waals surface area contributed by atoms with Crippen LogP contribution in [0.1, 0.15) is 108 Å². The highest BCUT2D eigenvalue weighted by Crippen LogP contribution is 2.34. The zero-order chi connectivity index (χ0) is 16.4. The van der Waals surface area contributed by atoms with E-state index in [9.17, 15) is 0 Å². The Balaban J connectivity index is 3.32. The largest absolute Gasteiger partial charge is 0.0654 e. The van der Waals surface area contributed by atoms with Gasteiger partial charge in [-0.25, -0.2) is 0 Å². The third-order valence-corrected chi connectivity index (χ3v) is 4.80. The zero-order valence-corrected chi connectivity index (χ0v) is 15.8. The Morgan fingerprint density at radius 3 is 1.68 bits per heavy atom. The van der Waals surface area contributed by atoms with Gasteiger partial charge in [0.05, 0.1) is 0 Å². The van der Waals surface area contributed by atoms with Crippen LogP contribution in [0.2, 0.25) is 0 Å². The third kappa shape index (κ3) is 5.14. The molecular formula is C22H38. The maximum Gasteiger partial charge on any atom is -0.0159 e. The molecule has 0 N–H and O–H groups in total. The molecule has 22 heavy (non-hydrogen) atoms. The lowest BCUT2D eigenvalue weighted by atomic mass is 9.81. The van der Waals surface area contributed by atoms with E-state index in [1.54, 1.807) is 22.3 Å². The summed E-state index contributed by atoms with van der Waals surface area (Å²) < 4.78 is 0. The number of hydrogen-bond acceptors (Lipinski definition) is 0. The van der Waals surface area contributed by atoms with Gasteiger partial charge in [0.1, 0.15) is 0 Å². The Hall–Kier alpha value is -0.780. The predicted molar refractivity (Wildman–Crippen MR) is 101 cm³/mol. The fourth-order valence-corrected chi connectivity index (χ4v) is 3.90. The predicted octanol–water partition coefficient (Wildman–Crippen LogP) is 7.23. The van der Waals surface area contributed by atoms with Crippen LogP contribution in [0.4, 0.5) is 0 Å². The Labute approximate surface area is 139 Å². The molecule has 1 aromatic carbocycles. The fraction of sp³-hybridized carbons (Fsp3) is 0.727. The molecule has 0 atom stereocenters. The van der Waals surface area contributed by atoms with E-state index in [0.717, 1.165) is 5.92 Å². The number of benzene rings is 1. The molecule has 0 aliphatic carbocycles. The summed E-state index contributed by atoms with van der Waals surface area (Å²) in [6.07, 6.45) is 12.9. The minimum atomic E-state index is 0.780. The minimum Gasteiger partial charge on any atom is -0.0654 e. The molecule has 0 fully saturated rings. The van der Waals surface area contributed by atoms with Crippen LogP contribution in [0.5, 0.6) is 0 Å². The second-order valence-corrected chi connectivity index (χ2v) is 6.80. The summed E-state index contributed by atoms with van der Waals surface area (Å²) in [5.74, 6) is 0.780. The van der Waals surface area contributed by atoms with Crippen molar-refractivity contribution in [2.45, 2.75) is 105 Å². The molecule has 0 radical (unpaired) electrons. The highest BCUT2D eigenvalue weighted by Gasteiger charge is 2.18. The van der Waals surface area contributed by atoms with E-state index in [0.29, 0.717) is 0 Å². The van der Waals surface area contributed by atoms with Gasteiger partial charge in [-0.05, 0) is 60.3 Å². The Kier molecular flexibility index (Phi) is 9.52. The minimum absolute atomic E-state index is 0.780. The molecule has 0 aliphatic heterocycles. The summed E-state index contributed by atoms with van der Waals surface area (Å²) in [7, 11) is 0. The van der Waals surface area contributed by atoms with Crippen LogP contribution >= 0.6 is 0 Å². The van der Waals surface area contributed by atoms with Crippen molar-refractivity contribution >= 4 is 0 Å². The van der Waals surface area contributed by atoms with Gasteiger partial charge in [0.2, 0.25) is 0 Å². The highest BCUT2D eigenvalue weighted by atomic mass is 14.2. The van der Waals surface area contributed by atoms with E-state index in [4.69, 9.17) is 0 Å². The smallest absolute Gasteiger partial charge is 0.0159 e. The molecule has 0 heterocycles. The van der Waals surface area contributed by atoms with Gasteiger partial charge in [-0.1, -0.05) is 78.9 Å². The van der Waals surface area contributed by atoms with Gasteiger partial charge in [-0.2, -0.15) is 0 Å². The molecule has 0 saturated carbocycles. The normalized spacial score (nSPS) is 11.4. The summed E-state index contributed by atoms with van der Waals surface area (Å²) in [5.41, 5.74) is 6.75. The third-order valence-electron chi connectivity index (χ3n) is 4.80. The number of hydrogen-bond donors (Lipinski definition) is 0. The van der Waals surface area contributed by atoms with E-state index < -0.39 is 0 Å². The van der Waals surface area contributed by atoms with Gasteiger partial charge < -0.3 is 0 Å². The van der Waals surface area contributed by atoms with Crippen LogP contribution in [0.15, 0.2) is 12.1 Å². The lowest BCUT2D eigenvalue weighted by molar-refractivity contribution is 0.554. The summed E-state index contributed by atoms with van der Waals surface area (Å²) in [5, 5.41) is 0. The molecule has 0 spiro atoms. The average Bonchev–Trinajstić information content (AvgIpc) is 2.51. The van der Waals surface area contributed by atoms with Crippen molar-refractivity contribution in [3.8, 4) is 0 Å². The van der Waals surface area contributed by atoms with Gasteiger partial charge in [0.15, 0.2) is 0 Å². The molecule has 1 rings (SSSR count). The molecule has 0 heteroatoms. The Morgan fingerprint density at radius 1 is 0.636 bits per heavy atom. The molecule has 0 saturated heterocycles. The molecule has 0 aliphatic rings. The molecule has 1 aromatic rings. The first kappa shape index (κ1) is 19.3. The summed E-state index contributed by atoms with van der Waals surface area (Å²) in [4.78, 5) is 0. The van der Waals surface area contributed by atoms with Crippen LogP contribution in [0.25, 0.3) is 0 Å². The van der Waals surface area contributed by atoms with Gasteiger partial charge in [0, 0.05) is 0 Å². The second-order valence-electron chi connectivity index (χ2n) is 6.80. The van der Waals surface area contributed by atoms with E-state index in [-0.39, 0.29) is 0 Å².